The van der Waals surface area contributed by atoms with Crippen LogP contribution < -0.4 is 0 Å². The Labute approximate surface area is 97.6 Å². The van der Waals surface area contributed by atoms with E-state index in [9.17, 15) is 18.3 Å². The van der Waals surface area contributed by atoms with Crippen LogP contribution in [-0.2, 0) is 9.84 Å². The van der Waals surface area contributed by atoms with E-state index in [1.165, 1.54) is 0 Å². The fraction of sp³-hybridized carbons (Fsp3) is 0.556. The van der Waals surface area contributed by atoms with Gasteiger partial charge in [-0.3, -0.25) is 4.68 Å². The molecule has 0 saturated carbocycles. The lowest BCUT2D eigenvalue weighted by Gasteiger charge is -2.23. The number of aromatic carboxylic acids is 1. The molecule has 0 spiro atoms. The number of hydrogen-bond acceptors (Lipinski definition) is 5. The normalized spacial score (nSPS) is 23.4. The van der Waals surface area contributed by atoms with Gasteiger partial charge in [-0.05, 0) is 12.8 Å². The molecule has 0 aliphatic carbocycles. The van der Waals surface area contributed by atoms with Gasteiger partial charge in [0.15, 0.2) is 21.3 Å². The van der Waals surface area contributed by atoms with Crippen molar-refractivity contribution in [1.29, 1.82) is 0 Å². The summed E-state index contributed by atoms with van der Waals surface area (Å²) in [5.74, 6) is -1.77. The van der Waals surface area contributed by atoms with Crippen LogP contribution in [0.15, 0.2) is 6.20 Å². The lowest BCUT2D eigenvalue weighted by molar-refractivity contribution is 0.0676. The van der Waals surface area contributed by atoms with Gasteiger partial charge in [-0.2, -0.15) is 5.10 Å². The number of carboxylic acids is 1. The van der Waals surface area contributed by atoms with E-state index in [1.54, 1.807) is 0 Å². The number of sulfone groups is 1. The standard InChI is InChI=1S/C9H12N2O5S/c12-7-4-10-11(8(7)9(13)14)6-2-1-3-17(15,16)5-6/h4,6,12H,1-3,5H2,(H,13,14). The van der Waals surface area contributed by atoms with Crippen LogP contribution in [0.4, 0.5) is 0 Å². The van der Waals surface area contributed by atoms with Crippen LogP contribution in [0.3, 0.4) is 0 Å². The number of aromatic hydroxyl groups is 1. The molecule has 1 atom stereocenters. The lowest BCUT2D eigenvalue weighted by Crippen LogP contribution is -2.29. The molecular weight excluding hydrogens is 248 g/mol. The van der Waals surface area contributed by atoms with E-state index in [0.717, 1.165) is 10.9 Å². The van der Waals surface area contributed by atoms with Crippen molar-refractivity contribution in [2.75, 3.05) is 11.5 Å². The summed E-state index contributed by atoms with van der Waals surface area (Å²) in [6, 6.07) is -0.513. The van der Waals surface area contributed by atoms with E-state index >= 15 is 0 Å². The zero-order chi connectivity index (χ0) is 12.6. The topological polar surface area (TPSA) is 109 Å². The molecule has 17 heavy (non-hydrogen) atoms. The second-order valence-electron chi connectivity index (χ2n) is 4.04. The van der Waals surface area contributed by atoms with Crippen molar-refractivity contribution in [2.24, 2.45) is 0 Å². The van der Waals surface area contributed by atoms with Crippen LogP contribution in [0.25, 0.3) is 0 Å². The maximum atomic E-state index is 11.5. The van der Waals surface area contributed by atoms with Crippen molar-refractivity contribution in [3.63, 3.8) is 0 Å². The Bertz CT molecular complexity index is 548. The first kappa shape index (κ1) is 11.9. The second-order valence-corrected chi connectivity index (χ2v) is 6.27. The molecule has 1 aliphatic rings. The predicted molar refractivity (Wildman–Crippen MR) is 57.8 cm³/mol. The monoisotopic (exact) mass is 260 g/mol. The molecule has 2 rings (SSSR count). The molecule has 2 N–H and O–H groups in total. The van der Waals surface area contributed by atoms with Crippen LogP contribution in [0.5, 0.6) is 5.75 Å². The first-order valence-electron chi connectivity index (χ1n) is 5.11. The summed E-state index contributed by atoms with van der Waals surface area (Å²) >= 11 is 0. The highest BCUT2D eigenvalue weighted by atomic mass is 32.2. The van der Waals surface area contributed by atoms with Crippen LogP contribution in [0.2, 0.25) is 0 Å². The maximum Gasteiger partial charge on any atom is 0.358 e. The summed E-state index contributed by atoms with van der Waals surface area (Å²) in [6.07, 6.45) is 2.04. The molecule has 8 heteroatoms. The van der Waals surface area contributed by atoms with Crippen molar-refractivity contribution < 1.29 is 23.4 Å². The molecule has 0 amide bonds. The number of rotatable bonds is 2. The van der Waals surface area contributed by atoms with Crippen molar-refractivity contribution in [3.05, 3.63) is 11.9 Å². The van der Waals surface area contributed by atoms with Crippen LogP contribution >= 0.6 is 0 Å². The third kappa shape index (κ3) is 2.26. The van der Waals surface area contributed by atoms with Gasteiger partial charge in [-0.15, -0.1) is 0 Å². The molecule has 94 valence electrons. The number of carbonyl (C=O) groups is 1. The SMILES string of the molecule is O=C(O)c1c(O)cnn1C1CCCS(=O)(=O)C1. The van der Waals surface area contributed by atoms with E-state index in [-0.39, 0.29) is 17.2 Å². The third-order valence-corrected chi connectivity index (χ3v) is 4.57. The summed E-state index contributed by atoms with van der Waals surface area (Å²) < 4.78 is 24.0. The van der Waals surface area contributed by atoms with Crippen LogP contribution in [-0.4, -0.2) is 45.9 Å². The molecule has 7 nitrogen and oxygen atoms in total. The Morgan fingerprint density at radius 1 is 1.53 bits per heavy atom. The molecule has 1 fully saturated rings. The highest BCUT2D eigenvalue weighted by molar-refractivity contribution is 7.91. The molecule has 1 aromatic heterocycles. The van der Waals surface area contributed by atoms with Crippen LogP contribution in [0.1, 0.15) is 29.4 Å². The van der Waals surface area contributed by atoms with Gasteiger partial charge >= 0.3 is 5.97 Å². The molecule has 0 radical (unpaired) electrons. The molecule has 1 aromatic rings. The first-order chi connectivity index (χ1) is 7.91. The Hall–Kier alpha value is -1.57. The van der Waals surface area contributed by atoms with E-state index in [2.05, 4.69) is 5.10 Å². The average Bonchev–Trinajstić information content (AvgIpc) is 2.58. The van der Waals surface area contributed by atoms with Gasteiger partial charge in [0.25, 0.3) is 0 Å². The first-order valence-corrected chi connectivity index (χ1v) is 6.93. The van der Waals surface area contributed by atoms with Gasteiger partial charge in [0, 0.05) is 0 Å². The fourth-order valence-electron chi connectivity index (χ4n) is 2.03. The number of carboxylic acid groups (broad SMARTS) is 1. The molecule has 0 aromatic carbocycles. The van der Waals surface area contributed by atoms with E-state index in [4.69, 9.17) is 5.11 Å². The summed E-state index contributed by atoms with van der Waals surface area (Å²) in [7, 11) is -3.15. The summed E-state index contributed by atoms with van der Waals surface area (Å²) in [5, 5.41) is 22.0. The quantitative estimate of drug-likeness (QED) is 0.776. The van der Waals surface area contributed by atoms with Crippen LogP contribution in [0, 0.1) is 0 Å². The molecule has 0 bridgehead atoms. The summed E-state index contributed by atoms with van der Waals surface area (Å²) in [4.78, 5) is 10.9. The van der Waals surface area contributed by atoms with E-state index < -0.39 is 27.6 Å². The van der Waals surface area contributed by atoms with Gasteiger partial charge in [0.1, 0.15) is 0 Å². The Balaban J connectivity index is 2.38. The summed E-state index contributed by atoms with van der Waals surface area (Å²) in [5.41, 5.74) is -0.355. The average molecular weight is 260 g/mol. The highest BCUT2D eigenvalue weighted by Crippen LogP contribution is 2.27. The number of aromatic nitrogens is 2. The Kier molecular flexibility index (Phi) is 2.82. The van der Waals surface area contributed by atoms with Gasteiger partial charge in [0.05, 0.1) is 23.7 Å². The van der Waals surface area contributed by atoms with Gasteiger partial charge in [-0.25, -0.2) is 13.2 Å². The number of nitrogens with zero attached hydrogens (tertiary/aromatic N) is 2. The Morgan fingerprint density at radius 3 is 2.82 bits per heavy atom. The third-order valence-electron chi connectivity index (χ3n) is 2.76. The van der Waals surface area contributed by atoms with Crippen molar-refractivity contribution in [2.45, 2.75) is 18.9 Å². The van der Waals surface area contributed by atoms with Gasteiger partial charge < -0.3 is 10.2 Å². The van der Waals surface area contributed by atoms with Gasteiger partial charge in [0.2, 0.25) is 0 Å². The summed E-state index contributed by atoms with van der Waals surface area (Å²) in [6.45, 7) is 0. The maximum absolute atomic E-state index is 11.5. The minimum atomic E-state index is -3.15. The van der Waals surface area contributed by atoms with Crippen molar-refractivity contribution >= 4 is 15.8 Å². The lowest BCUT2D eigenvalue weighted by atomic mass is 10.2. The minimum Gasteiger partial charge on any atom is -0.504 e. The molecule has 1 unspecified atom stereocenters. The molecule has 2 heterocycles. The largest absolute Gasteiger partial charge is 0.504 e. The zero-order valence-electron chi connectivity index (χ0n) is 8.90. The fourth-order valence-corrected chi connectivity index (χ4v) is 3.70. The smallest absolute Gasteiger partial charge is 0.358 e. The molecule has 1 saturated heterocycles. The zero-order valence-corrected chi connectivity index (χ0v) is 9.72. The molecular formula is C9H12N2O5S. The minimum absolute atomic E-state index is 0.124. The Morgan fingerprint density at radius 2 is 2.24 bits per heavy atom. The van der Waals surface area contributed by atoms with E-state index in [1.807, 2.05) is 0 Å². The van der Waals surface area contributed by atoms with Gasteiger partial charge in [-0.1, -0.05) is 0 Å². The molecule has 1 aliphatic heterocycles. The highest BCUT2D eigenvalue weighted by Gasteiger charge is 2.30. The van der Waals surface area contributed by atoms with Crippen molar-refractivity contribution in [3.8, 4) is 5.75 Å². The van der Waals surface area contributed by atoms with E-state index in [0.29, 0.717) is 12.8 Å². The van der Waals surface area contributed by atoms with Crippen molar-refractivity contribution in [1.82, 2.24) is 9.78 Å². The second kappa shape index (κ2) is 4.02. The predicted octanol–water partition coefficient (Wildman–Crippen LogP) is 0.0366. The number of hydrogen-bond donors (Lipinski definition) is 2.